The van der Waals surface area contributed by atoms with Crippen LogP contribution < -0.4 is 10.6 Å². The first-order valence-electron chi connectivity index (χ1n) is 4.85. The van der Waals surface area contributed by atoms with Gasteiger partial charge in [0.25, 0.3) is 0 Å². The summed E-state index contributed by atoms with van der Waals surface area (Å²) in [6.45, 7) is 4.10. The molecule has 1 aliphatic heterocycles. The van der Waals surface area contributed by atoms with Crippen molar-refractivity contribution in [2.24, 2.45) is 5.92 Å². The van der Waals surface area contributed by atoms with Crippen molar-refractivity contribution in [2.45, 2.75) is 31.9 Å². The van der Waals surface area contributed by atoms with Crippen LogP contribution in [-0.2, 0) is 0 Å². The minimum Gasteiger partial charge on any atom is -0.376 e. The first-order valence-corrected chi connectivity index (χ1v) is 4.85. The highest BCUT2D eigenvalue weighted by molar-refractivity contribution is 4.84. The molecule has 0 bridgehead atoms. The smallest absolute Gasteiger partial charge is 0.118 e. The lowest BCUT2D eigenvalue weighted by Gasteiger charge is -2.37. The highest BCUT2D eigenvalue weighted by atomic mass is 16.3. The van der Waals surface area contributed by atoms with Crippen LogP contribution in [0.2, 0.25) is 0 Å². The largest absolute Gasteiger partial charge is 0.376 e. The normalized spacial score (nSPS) is 25.2. The highest BCUT2D eigenvalue weighted by Gasteiger charge is 2.33. The van der Waals surface area contributed by atoms with E-state index >= 15 is 0 Å². The summed E-state index contributed by atoms with van der Waals surface area (Å²) < 4.78 is 0. The van der Waals surface area contributed by atoms with E-state index in [1.807, 2.05) is 14.0 Å². The van der Waals surface area contributed by atoms with E-state index in [0.717, 1.165) is 32.4 Å². The molecule has 1 atom stereocenters. The number of rotatable bonds is 3. The fourth-order valence-electron chi connectivity index (χ4n) is 1.97. The van der Waals surface area contributed by atoms with E-state index in [1.54, 1.807) is 0 Å². The molecule has 1 fully saturated rings. The molecular weight excluding hydrogens is 152 g/mol. The van der Waals surface area contributed by atoms with Gasteiger partial charge in [0.15, 0.2) is 0 Å². The Morgan fingerprint density at radius 1 is 1.50 bits per heavy atom. The summed E-state index contributed by atoms with van der Waals surface area (Å²) in [5.41, 5.74) is -0.637. The summed E-state index contributed by atoms with van der Waals surface area (Å²) in [4.78, 5) is 0. The third-order valence-electron chi connectivity index (χ3n) is 2.99. The Kier molecular flexibility index (Phi) is 3.50. The molecule has 0 amide bonds. The van der Waals surface area contributed by atoms with E-state index in [1.165, 1.54) is 0 Å². The topological polar surface area (TPSA) is 44.3 Å². The van der Waals surface area contributed by atoms with Crippen molar-refractivity contribution in [1.29, 1.82) is 0 Å². The van der Waals surface area contributed by atoms with Gasteiger partial charge in [-0.25, -0.2) is 0 Å². The maximum absolute atomic E-state index is 10.1. The number of aliphatic hydroxyl groups is 1. The van der Waals surface area contributed by atoms with Gasteiger partial charge in [-0.2, -0.15) is 0 Å². The lowest BCUT2D eigenvalue weighted by molar-refractivity contribution is -0.0571. The van der Waals surface area contributed by atoms with E-state index in [-0.39, 0.29) is 0 Å². The van der Waals surface area contributed by atoms with Crippen LogP contribution in [0.25, 0.3) is 0 Å². The molecule has 3 nitrogen and oxygen atoms in total. The van der Waals surface area contributed by atoms with Gasteiger partial charge < -0.3 is 10.4 Å². The fraction of sp³-hybridized carbons (Fsp3) is 1.00. The second-order valence-corrected chi connectivity index (χ2v) is 3.55. The van der Waals surface area contributed by atoms with Gasteiger partial charge in [0.05, 0.1) is 0 Å². The van der Waals surface area contributed by atoms with Crippen LogP contribution in [0.1, 0.15) is 26.2 Å². The molecule has 12 heavy (non-hydrogen) atoms. The molecule has 1 heterocycles. The Morgan fingerprint density at radius 2 is 2.08 bits per heavy atom. The van der Waals surface area contributed by atoms with Gasteiger partial charge >= 0.3 is 0 Å². The first-order chi connectivity index (χ1) is 5.73. The summed E-state index contributed by atoms with van der Waals surface area (Å²) in [6, 6.07) is 0. The van der Waals surface area contributed by atoms with E-state index in [0.29, 0.717) is 5.92 Å². The molecule has 0 aromatic carbocycles. The van der Waals surface area contributed by atoms with Gasteiger partial charge in [-0.1, -0.05) is 6.92 Å². The highest BCUT2D eigenvalue weighted by Crippen LogP contribution is 2.25. The van der Waals surface area contributed by atoms with E-state index in [4.69, 9.17) is 0 Å². The van der Waals surface area contributed by atoms with Crippen molar-refractivity contribution in [3.05, 3.63) is 0 Å². The zero-order valence-electron chi connectivity index (χ0n) is 8.06. The molecule has 1 aliphatic rings. The standard InChI is InChI=1S/C9H20N2O/c1-3-9(12,10-2)8-4-6-11-7-5-8/h8,10-12H,3-7H2,1-2H3. The molecule has 0 radical (unpaired) electrons. The molecule has 3 N–H and O–H groups in total. The van der Waals surface area contributed by atoms with Crippen LogP contribution in [0.3, 0.4) is 0 Å². The summed E-state index contributed by atoms with van der Waals surface area (Å²) in [5, 5.41) is 16.4. The van der Waals surface area contributed by atoms with Crippen molar-refractivity contribution in [3.8, 4) is 0 Å². The van der Waals surface area contributed by atoms with Crippen molar-refractivity contribution in [3.63, 3.8) is 0 Å². The van der Waals surface area contributed by atoms with Gasteiger partial charge in [-0.15, -0.1) is 0 Å². The third-order valence-corrected chi connectivity index (χ3v) is 2.99. The molecule has 1 rings (SSSR count). The predicted molar refractivity (Wildman–Crippen MR) is 49.9 cm³/mol. The molecule has 1 unspecified atom stereocenters. The van der Waals surface area contributed by atoms with E-state index in [9.17, 15) is 5.11 Å². The van der Waals surface area contributed by atoms with E-state index in [2.05, 4.69) is 10.6 Å². The maximum atomic E-state index is 10.1. The Labute approximate surface area is 74.5 Å². The molecule has 1 saturated heterocycles. The monoisotopic (exact) mass is 172 g/mol. The summed E-state index contributed by atoms with van der Waals surface area (Å²) >= 11 is 0. The molecule has 0 aromatic rings. The van der Waals surface area contributed by atoms with Crippen molar-refractivity contribution < 1.29 is 5.11 Å². The Bertz CT molecular complexity index is 128. The average molecular weight is 172 g/mol. The van der Waals surface area contributed by atoms with Gasteiger partial charge in [0.2, 0.25) is 0 Å². The number of hydrogen-bond acceptors (Lipinski definition) is 3. The first kappa shape index (κ1) is 9.96. The second-order valence-electron chi connectivity index (χ2n) is 3.55. The van der Waals surface area contributed by atoms with Crippen LogP contribution in [-0.4, -0.2) is 31.0 Å². The predicted octanol–water partition coefficient (Wildman–Crippen LogP) is 0.304. The van der Waals surface area contributed by atoms with Gasteiger partial charge in [-0.3, -0.25) is 5.32 Å². The molecular formula is C9H20N2O. The number of piperidine rings is 1. The average Bonchev–Trinajstić information content (AvgIpc) is 2.18. The van der Waals surface area contributed by atoms with Crippen LogP contribution in [0, 0.1) is 5.92 Å². The lowest BCUT2D eigenvalue weighted by Crippen LogP contribution is -2.52. The SMILES string of the molecule is CCC(O)(NC)C1CCNCC1. The van der Waals surface area contributed by atoms with E-state index < -0.39 is 5.72 Å². The molecule has 0 saturated carbocycles. The molecule has 0 aromatic heterocycles. The number of hydrogen-bond donors (Lipinski definition) is 3. The fourth-order valence-corrected chi connectivity index (χ4v) is 1.97. The quantitative estimate of drug-likeness (QED) is 0.537. The summed E-state index contributed by atoms with van der Waals surface area (Å²) in [7, 11) is 1.84. The Balaban J connectivity index is 2.51. The van der Waals surface area contributed by atoms with Gasteiger partial charge in [-0.05, 0) is 39.4 Å². The molecule has 72 valence electrons. The van der Waals surface area contributed by atoms with Crippen LogP contribution >= 0.6 is 0 Å². The second kappa shape index (κ2) is 4.21. The minimum absolute atomic E-state index is 0.411. The van der Waals surface area contributed by atoms with Crippen LogP contribution in [0.4, 0.5) is 0 Å². The zero-order chi connectivity index (χ0) is 9.03. The molecule has 3 heteroatoms. The van der Waals surface area contributed by atoms with Crippen LogP contribution in [0.5, 0.6) is 0 Å². The molecule has 0 aliphatic carbocycles. The molecule has 0 spiro atoms. The summed E-state index contributed by atoms with van der Waals surface area (Å²) in [5.74, 6) is 0.411. The lowest BCUT2D eigenvalue weighted by atomic mass is 9.85. The van der Waals surface area contributed by atoms with Crippen LogP contribution in [0.15, 0.2) is 0 Å². The Hall–Kier alpha value is -0.120. The Morgan fingerprint density at radius 3 is 2.50 bits per heavy atom. The van der Waals surface area contributed by atoms with Crippen molar-refractivity contribution in [2.75, 3.05) is 20.1 Å². The van der Waals surface area contributed by atoms with Crippen molar-refractivity contribution >= 4 is 0 Å². The minimum atomic E-state index is -0.637. The van der Waals surface area contributed by atoms with Gasteiger partial charge in [0, 0.05) is 5.92 Å². The van der Waals surface area contributed by atoms with Crippen molar-refractivity contribution in [1.82, 2.24) is 10.6 Å². The number of nitrogens with one attached hydrogen (secondary N) is 2. The third kappa shape index (κ3) is 1.97. The van der Waals surface area contributed by atoms with Gasteiger partial charge in [0.1, 0.15) is 5.72 Å². The zero-order valence-corrected chi connectivity index (χ0v) is 8.06. The maximum Gasteiger partial charge on any atom is 0.118 e. The summed E-state index contributed by atoms with van der Waals surface area (Å²) in [6.07, 6.45) is 2.94.